The van der Waals surface area contributed by atoms with Gasteiger partial charge in [-0.05, 0) is 202 Å². The molecule has 10 nitrogen and oxygen atoms in total. The standard InChI is InChI=1S/C30H18N4.C29H17N5.C6H4Br2.C5H3Br2N.2B/c1-2-9-19(10-3-1)33-25-13-6-5-12-21(25)23-17-24-22(18-28(23)33)20-11-4-7-14-26(20)34-27-15-8-16-31-29(27)32-30(24)34;1-2-8-18(9-3-1)33-24-12-5-4-10-19(24)22-16-23-21(17-26(22)33)20-11-6-15-31-28(20)34-25-13-7-14-30-27(25)32-29(23)34;7-5-3-1-2-4-6(5)8;6-4-2-1-3-8-5(4)7;;/h1-18H;1-17H;1-4H;1-3H;;. The summed E-state index contributed by atoms with van der Waals surface area (Å²) in [6, 6.07) is 80.2. The summed E-state index contributed by atoms with van der Waals surface area (Å²) < 4.78 is 13.1. The molecule has 0 aliphatic carbocycles. The van der Waals surface area contributed by atoms with E-state index in [9.17, 15) is 0 Å². The number of hydrogen-bond donors (Lipinski definition) is 0. The van der Waals surface area contributed by atoms with Crippen LogP contribution in [0.15, 0.2) is 273 Å². The fraction of sp³-hybridized carbons (Fsp3) is 0. The monoisotopic (exact) mass is 1360 g/mol. The summed E-state index contributed by atoms with van der Waals surface area (Å²) in [4.78, 5) is 27.7. The van der Waals surface area contributed by atoms with Gasteiger partial charge in [0.05, 0.1) is 43.1 Å². The Morgan fingerprint density at radius 1 is 0.256 bits per heavy atom. The van der Waals surface area contributed by atoms with E-state index in [0.717, 1.165) is 95.7 Å². The summed E-state index contributed by atoms with van der Waals surface area (Å²) in [6.45, 7) is 0. The van der Waals surface area contributed by atoms with Gasteiger partial charge in [0, 0.05) is 105 Å². The third kappa shape index (κ3) is 9.57. The van der Waals surface area contributed by atoms with Crippen LogP contribution in [0.2, 0.25) is 0 Å². The van der Waals surface area contributed by atoms with Crippen LogP contribution < -0.4 is 0 Å². The van der Waals surface area contributed by atoms with Crippen molar-refractivity contribution < 1.29 is 0 Å². The van der Waals surface area contributed by atoms with Crippen LogP contribution in [-0.4, -0.2) is 64.7 Å². The van der Waals surface area contributed by atoms with Crippen LogP contribution >= 0.6 is 63.7 Å². The molecule has 0 amide bonds. The summed E-state index contributed by atoms with van der Waals surface area (Å²) in [5, 5.41) is 11.8. The lowest BCUT2D eigenvalue weighted by atomic mass is 10.0. The Morgan fingerprint density at radius 3 is 1.15 bits per heavy atom. The summed E-state index contributed by atoms with van der Waals surface area (Å²) in [5.41, 5.74) is 14.4. The summed E-state index contributed by atoms with van der Waals surface area (Å²) in [7, 11) is 0. The van der Waals surface area contributed by atoms with E-state index in [2.05, 4.69) is 273 Å². The summed E-state index contributed by atoms with van der Waals surface area (Å²) in [5.74, 6) is 0. The van der Waals surface area contributed by atoms with Crippen molar-refractivity contribution in [1.82, 2.24) is 47.8 Å². The highest BCUT2D eigenvalue weighted by atomic mass is 79.9. The minimum absolute atomic E-state index is 0. The Morgan fingerprint density at radius 2 is 0.640 bits per heavy atom. The molecule has 6 radical (unpaired) electrons. The average molecular weight is 1360 g/mol. The van der Waals surface area contributed by atoms with Crippen LogP contribution in [0.25, 0.3) is 132 Å². The molecule has 0 N–H and O–H groups in total. The first-order chi connectivity index (χ1) is 41.4. The van der Waals surface area contributed by atoms with Gasteiger partial charge < -0.3 is 9.13 Å². The van der Waals surface area contributed by atoms with E-state index < -0.39 is 0 Å². The number of halogens is 4. The Hall–Kier alpha value is -9.05. The van der Waals surface area contributed by atoms with Crippen molar-refractivity contribution in [3.8, 4) is 11.4 Å². The van der Waals surface area contributed by atoms with Crippen molar-refractivity contribution in [1.29, 1.82) is 0 Å². The van der Waals surface area contributed by atoms with E-state index in [4.69, 9.17) is 15.0 Å². The maximum absolute atomic E-state index is 4.99. The van der Waals surface area contributed by atoms with Crippen LogP contribution in [0.1, 0.15) is 0 Å². The number of pyridine rings is 6. The highest BCUT2D eigenvalue weighted by Crippen LogP contribution is 2.41. The van der Waals surface area contributed by atoms with E-state index in [1.165, 1.54) is 54.4 Å². The molecule has 86 heavy (non-hydrogen) atoms. The number of para-hydroxylation sites is 5. The summed E-state index contributed by atoms with van der Waals surface area (Å²) >= 11 is 13.2. The predicted octanol–water partition coefficient (Wildman–Crippen LogP) is 19.0. The zero-order valence-corrected chi connectivity index (χ0v) is 51.7. The highest BCUT2D eigenvalue weighted by molar-refractivity contribution is 9.13. The molecule has 0 spiro atoms. The molecule has 0 aliphatic heterocycles. The van der Waals surface area contributed by atoms with E-state index in [-0.39, 0.29) is 16.8 Å². The Bertz CT molecular complexity index is 5210. The van der Waals surface area contributed by atoms with E-state index in [1.54, 1.807) is 12.4 Å². The molecule has 0 aliphatic rings. The minimum atomic E-state index is 0. The van der Waals surface area contributed by atoms with Crippen molar-refractivity contribution in [2.45, 2.75) is 0 Å². The quantitative estimate of drug-likeness (QED) is 0.0972. The second-order valence-corrected chi connectivity index (χ2v) is 23.3. The lowest BCUT2D eigenvalue weighted by Crippen LogP contribution is -1.95. The van der Waals surface area contributed by atoms with Crippen LogP contribution in [0.5, 0.6) is 0 Å². The molecule has 16 heteroatoms. The van der Waals surface area contributed by atoms with Crippen LogP contribution in [0.3, 0.4) is 0 Å². The van der Waals surface area contributed by atoms with Crippen molar-refractivity contribution in [2.24, 2.45) is 0 Å². The predicted molar refractivity (Wildman–Crippen MR) is 370 cm³/mol. The molecule has 0 fully saturated rings. The lowest BCUT2D eigenvalue weighted by Gasteiger charge is -2.11. The van der Waals surface area contributed by atoms with Gasteiger partial charge in [-0.25, -0.2) is 29.9 Å². The molecule has 0 unspecified atom stereocenters. The first-order valence-electron chi connectivity index (χ1n) is 27.0. The third-order valence-corrected chi connectivity index (χ3v) is 19.0. The van der Waals surface area contributed by atoms with Crippen LogP contribution in [0.4, 0.5) is 0 Å². The third-order valence-electron chi connectivity index (χ3n) is 15.3. The van der Waals surface area contributed by atoms with Gasteiger partial charge in [-0.15, -0.1) is 0 Å². The second kappa shape index (κ2) is 23.4. The fourth-order valence-corrected chi connectivity index (χ4v) is 12.8. The largest absolute Gasteiger partial charge is 0.309 e. The van der Waals surface area contributed by atoms with Gasteiger partial charge in [-0.3, -0.25) is 8.80 Å². The van der Waals surface area contributed by atoms with Crippen molar-refractivity contribution in [3.63, 3.8) is 0 Å². The lowest BCUT2D eigenvalue weighted by molar-refractivity contribution is 1.18. The molecule has 10 heterocycles. The fourth-order valence-electron chi connectivity index (χ4n) is 11.7. The maximum Gasteiger partial charge on any atom is 0.178 e. The number of hydrogen-bond acceptors (Lipinski definition) is 6. The Kier molecular flexibility index (Phi) is 15.3. The number of fused-ring (bicyclic) bond motifs is 22. The molecule has 0 saturated heterocycles. The van der Waals surface area contributed by atoms with Crippen molar-refractivity contribution in [3.05, 3.63) is 273 Å². The van der Waals surface area contributed by atoms with Gasteiger partial charge in [-0.2, -0.15) is 0 Å². The highest BCUT2D eigenvalue weighted by Gasteiger charge is 2.21. The first kappa shape index (κ1) is 56.1. The average Bonchev–Trinajstić information content (AvgIpc) is 1.55. The van der Waals surface area contributed by atoms with Gasteiger partial charge >= 0.3 is 0 Å². The molecule has 0 atom stereocenters. The molecule has 18 rings (SSSR count). The zero-order valence-electron chi connectivity index (χ0n) is 45.4. The maximum atomic E-state index is 4.99. The van der Waals surface area contributed by atoms with Gasteiger partial charge in [-0.1, -0.05) is 103 Å². The number of benzene rings is 8. The van der Waals surface area contributed by atoms with Crippen molar-refractivity contribution in [2.75, 3.05) is 0 Å². The van der Waals surface area contributed by atoms with E-state index in [1.807, 2.05) is 67.0 Å². The second-order valence-electron chi connectivity index (χ2n) is 20.0. The van der Waals surface area contributed by atoms with Gasteiger partial charge in [0.25, 0.3) is 0 Å². The van der Waals surface area contributed by atoms with Crippen molar-refractivity contribution >= 4 is 201 Å². The van der Waals surface area contributed by atoms with Gasteiger partial charge in [0.2, 0.25) is 0 Å². The Labute approximate surface area is 529 Å². The number of aromatic nitrogens is 10. The molecule has 18 aromatic rings. The number of nitrogens with zero attached hydrogens (tertiary/aromatic N) is 10. The van der Waals surface area contributed by atoms with Gasteiger partial charge in [0.1, 0.15) is 21.5 Å². The van der Waals surface area contributed by atoms with E-state index in [0.29, 0.717) is 0 Å². The first-order valence-corrected chi connectivity index (χ1v) is 30.2. The normalized spacial score (nSPS) is 11.3. The number of rotatable bonds is 2. The minimum Gasteiger partial charge on any atom is -0.309 e. The molecular weight excluding hydrogens is 1320 g/mol. The SMILES string of the molecule is Brc1ccccc1Br.Brc1cccnc1Br.[B].[B].c1ccc(-n2c3ccccc3c3cc4c(cc32)c2ccccc2n2c3cccnc3nc42)cc1.c1ccc(-n2c3ccccc3c3cc4c(cc32)c2cccnc2n2c3cccnc3nc42)cc1. The van der Waals surface area contributed by atoms with Gasteiger partial charge in [0.15, 0.2) is 11.3 Å². The van der Waals surface area contributed by atoms with Crippen LogP contribution in [0, 0.1) is 0 Å². The summed E-state index contributed by atoms with van der Waals surface area (Å²) in [6.07, 6.45) is 7.17. The smallest absolute Gasteiger partial charge is 0.178 e. The van der Waals surface area contributed by atoms with E-state index >= 15 is 0 Å². The van der Waals surface area contributed by atoms with Crippen LogP contribution in [-0.2, 0) is 0 Å². The molecule has 0 bridgehead atoms. The zero-order chi connectivity index (χ0) is 56.4. The Balaban J connectivity index is 0.000000125. The molecular formula is C70H42B2Br4N10. The molecule has 406 valence electrons. The molecule has 8 aromatic carbocycles. The number of imidazole rings is 2. The topological polar surface area (TPSA) is 96.0 Å². The molecule has 0 saturated carbocycles. The molecule has 10 aromatic heterocycles.